The zero-order chi connectivity index (χ0) is 14.3. The molecule has 3 rings (SSSR count). The van der Waals surface area contributed by atoms with E-state index in [1.165, 1.54) is 6.07 Å². The van der Waals surface area contributed by atoms with Crippen LogP contribution in [0.25, 0.3) is 10.1 Å². The summed E-state index contributed by atoms with van der Waals surface area (Å²) in [7, 11) is 0. The number of aryl methyl sites for hydroxylation is 2. The second-order valence-corrected chi connectivity index (χ2v) is 5.98. The molecule has 20 heavy (non-hydrogen) atoms. The van der Waals surface area contributed by atoms with E-state index < -0.39 is 6.10 Å². The molecule has 1 N–H and O–H groups in total. The summed E-state index contributed by atoms with van der Waals surface area (Å²) < 4.78 is 15.3. The zero-order valence-corrected chi connectivity index (χ0v) is 12.2. The Kier molecular flexibility index (Phi) is 3.32. The standard InChI is InChI=1S/C17H15FOS/c1-10-7-11(2)16(14(18)8-10)17(19)13-9-20-15-6-4-3-5-12(13)15/h3-9,17,19H,1-2H3. The highest BCUT2D eigenvalue weighted by Crippen LogP contribution is 2.35. The Bertz CT molecular complexity index is 753. The number of hydrogen-bond donors (Lipinski definition) is 1. The van der Waals surface area contributed by atoms with Gasteiger partial charge in [0.05, 0.1) is 0 Å². The summed E-state index contributed by atoms with van der Waals surface area (Å²) in [4.78, 5) is 0. The van der Waals surface area contributed by atoms with Crippen molar-refractivity contribution < 1.29 is 9.50 Å². The van der Waals surface area contributed by atoms with E-state index in [9.17, 15) is 9.50 Å². The number of aliphatic hydroxyl groups is 1. The first-order chi connectivity index (χ1) is 9.58. The highest BCUT2D eigenvalue weighted by atomic mass is 32.1. The number of aliphatic hydroxyl groups excluding tert-OH is 1. The fraction of sp³-hybridized carbons (Fsp3) is 0.176. The van der Waals surface area contributed by atoms with Crippen LogP contribution < -0.4 is 0 Å². The van der Waals surface area contributed by atoms with Gasteiger partial charge in [-0.25, -0.2) is 4.39 Å². The van der Waals surface area contributed by atoms with Crippen molar-refractivity contribution in [2.45, 2.75) is 20.0 Å². The van der Waals surface area contributed by atoms with E-state index in [0.717, 1.165) is 26.8 Å². The molecule has 0 radical (unpaired) electrons. The molecule has 102 valence electrons. The fourth-order valence-electron chi connectivity index (χ4n) is 2.64. The summed E-state index contributed by atoms with van der Waals surface area (Å²) in [6.07, 6.45) is -0.924. The van der Waals surface area contributed by atoms with Gasteiger partial charge in [0.1, 0.15) is 11.9 Å². The highest BCUT2D eigenvalue weighted by Gasteiger charge is 2.20. The molecule has 0 aliphatic heterocycles. The average Bonchev–Trinajstić information content (AvgIpc) is 2.81. The van der Waals surface area contributed by atoms with E-state index in [-0.39, 0.29) is 5.82 Å². The third-order valence-electron chi connectivity index (χ3n) is 3.56. The number of fused-ring (bicyclic) bond motifs is 1. The zero-order valence-electron chi connectivity index (χ0n) is 11.4. The van der Waals surface area contributed by atoms with Crippen molar-refractivity contribution in [3.8, 4) is 0 Å². The number of hydrogen-bond acceptors (Lipinski definition) is 2. The molecule has 0 saturated heterocycles. The topological polar surface area (TPSA) is 20.2 Å². The van der Waals surface area contributed by atoms with Crippen LogP contribution in [0.15, 0.2) is 41.8 Å². The summed E-state index contributed by atoms with van der Waals surface area (Å²) in [5, 5.41) is 13.5. The van der Waals surface area contributed by atoms with Gasteiger partial charge >= 0.3 is 0 Å². The van der Waals surface area contributed by atoms with Crippen LogP contribution in [0.2, 0.25) is 0 Å². The lowest BCUT2D eigenvalue weighted by Crippen LogP contribution is -2.05. The van der Waals surface area contributed by atoms with E-state index in [1.807, 2.05) is 49.6 Å². The largest absolute Gasteiger partial charge is 0.383 e. The van der Waals surface area contributed by atoms with Crippen LogP contribution in [-0.2, 0) is 0 Å². The van der Waals surface area contributed by atoms with Gasteiger partial charge < -0.3 is 5.11 Å². The molecule has 1 aromatic heterocycles. The van der Waals surface area contributed by atoms with Crippen molar-refractivity contribution in [1.82, 2.24) is 0 Å². The molecular weight excluding hydrogens is 271 g/mol. The normalized spacial score (nSPS) is 12.8. The predicted octanol–water partition coefficient (Wildman–Crippen LogP) is 4.74. The Balaban J connectivity index is 2.16. The van der Waals surface area contributed by atoms with Gasteiger partial charge in [-0.05, 0) is 47.9 Å². The van der Waals surface area contributed by atoms with Gasteiger partial charge in [0.2, 0.25) is 0 Å². The smallest absolute Gasteiger partial charge is 0.129 e. The minimum atomic E-state index is -0.924. The van der Waals surface area contributed by atoms with Crippen molar-refractivity contribution in [2.75, 3.05) is 0 Å². The summed E-state index contributed by atoms with van der Waals surface area (Å²) in [5.41, 5.74) is 2.80. The number of rotatable bonds is 2. The van der Waals surface area contributed by atoms with Crippen LogP contribution >= 0.6 is 11.3 Å². The lowest BCUT2D eigenvalue weighted by atomic mass is 9.95. The maximum atomic E-state index is 14.2. The second kappa shape index (κ2) is 5.00. The summed E-state index contributed by atoms with van der Waals surface area (Å²) in [6, 6.07) is 11.2. The Hall–Kier alpha value is -1.71. The minimum absolute atomic E-state index is 0.342. The molecule has 0 saturated carbocycles. The lowest BCUT2D eigenvalue weighted by molar-refractivity contribution is 0.216. The molecule has 0 fully saturated rings. The third-order valence-corrected chi connectivity index (χ3v) is 4.54. The van der Waals surface area contributed by atoms with Crippen molar-refractivity contribution in [1.29, 1.82) is 0 Å². The van der Waals surface area contributed by atoms with Gasteiger partial charge in [-0.1, -0.05) is 24.3 Å². The monoisotopic (exact) mass is 286 g/mol. The third kappa shape index (κ3) is 2.13. The molecule has 0 spiro atoms. The Morgan fingerprint density at radius 3 is 2.65 bits per heavy atom. The molecule has 1 atom stereocenters. The average molecular weight is 286 g/mol. The Morgan fingerprint density at radius 1 is 1.15 bits per heavy atom. The van der Waals surface area contributed by atoms with Crippen molar-refractivity contribution in [2.24, 2.45) is 0 Å². The SMILES string of the molecule is Cc1cc(C)c(C(O)c2csc3ccccc23)c(F)c1. The molecular formula is C17H15FOS. The number of thiophene rings is 1. The molecule has 3 aromatic rings. The van der Waals surface area contributed by atoms with E-state index in [4.69, 9.17) is 0 Å². The summed E-state index contributed by atoms with van der Waals surface area (Å²) in [5.74, 6) is -0.342. The molecule has 1 unspecified atom stereocenters. The molecule has 1 nitrogen and oxygen atoms in total. The van der Waals surface area contributed by atoms with Crippen LogP contribution in [0, 0.1) is 19.7 Å². The number of halogens is 1. The van der Waals surface area contributed by atoms with E-state index in [0.29, 0.717) is 5.56 Å². The molecule has 1 heterocycles. The highest BCUT2D eigenvalue weighted by molar-refractivity contribution is 7.17. The first kappa shape index (κ1) is 13.3. The maximum Gasteiger partial charge on any atom is 0.129 e. The second-order valence-electron chi connectivity index (χ2n) is 5.07. The van der Waals surface area contributed by atoms with Crippen molar-refractivity contribution in [3.05, 3.63) is 69.8 Å². The molecule has 3 heteroatoms. The molecule has 0 amide bonds. The van der Waals surface area contributed by atoms with Crippen LogP contribution in [0.3, 0.4) is 0 Å². The van der Waals surface area contributed by atoms with Crippen LogP contribution in [0.1, 0.15) is 28.4 Å². The van der Waals surface area contributed by atoms with Gasteiger partial charge in [0.15, 0.2) is 0 Å². The van der Waals surface area contributed by atoms with Gasteiger partial charge in [-0.3, -0.25) is 0 Å². The van der Waals surface area contributed by atoms with Crippen LogP contribution in [-0.4, -0.2) is 5.11 Å². The molecule has 2 aromatic carbocycles. The van der Waals surface area contributed by atoms with E-state index >= 15 is 0 Å². The first-order valence-electron chi connectivity index (χ1n) is 6.49. The predicted molar refractivity (Wildman–Crippen MR) is 81.8 cm³/mol. The summed E-state index contributed by atoms with van der Waals surface area (Å²) >= 11 is 1.57. The van der Waals surface area contributed by atoms with E-state index in [1.54, 1.807) is 11.3 Å². The lowest BCUT2D eigenvalue weighted by Gasteiger charge is -2.15. The molecule has 0 aliphatic rings. The van der Waals surface area contributed by atoms with Crippen LogP contribution in [0.4, 0.5) is 4.39 Å². The fourth-order valence-corrected chi connectivity index (χ4v) is 3.62. The van der Waals surface area contributed by atoms with Crippen LogP contribution in [0.5, 0.6) is 0 Å². The van der Waals surface area contributed by atoms with E-state index in [2.05, 4.69) is 0 Å². The molecule has 0 aliphatic carbocycles. The van der Waals surface area contributed by atoms with Gasteiger partial charge in [0, 0.05) is 15.8 Å². The Morgan fingerprint density at radius 2 is 1.90 bits per heavy atom. The van der Waals surface area contributed by atoms with Crippen molar-refractivity contribution >= 4 is 21.4 Å². The number of benzene rings is 2. The summed E-state index contributed by atoms with van der Waals surface area (Å²) in [6.45, 7) is 3.69. The van der Waals surface area contributed by atoms with Gasteiger partial charge in [0.25, 0.3) is 0 Å². The van der Waals surface area contributed by atoms with Gasteiger partial charge in [-0.15, -0.1) is 11.3 Å². The maximum absolute atomic E-state index is 14.2. The molecule has 0 bridgehead atoms. The quantitative estimate of drug-likeness (QED) is 0.721. The minimum Gasteiger partial charge on any atom is -0.383 e. The van der Waals surface area contributed by atoms with Crippen molar-refractivity contribution in [3.63, 3.8) is 0 Å². The first-order valence-corrected chi connectivity index (χ1v) is 7.36. The van der Waals surface area contributed by atoms with Gasteiger partial charge in [-0.2, -0.15) is 0 Å². The Labute approximate surface area is 121 Å².